The predicted octanol–water partition coefficient (Wildman–Crippen LogP) is 3.44. The third kappa shape index (κ3) is 5.69. The molecule has 10 heteroatoms. The van der Waals surface area contributed by atoms with Crippen LogP contribution >= 0.6 is 11.8 Å². The molecule has 9 nitrogen and oxygen atoms in total. The Morgan fingerprint density at radius 1 is 1.09 bits per heavy atom. The summed E-state index contributed by atoms with van der Waals surface area (Å²) in [6, 6.07) is 12.4. The topological polar surface area (TPSA) is 107 Å². The summed E-state index contributed by atoms with van der Waals surface area (Å²) in [6.07, 6.45) is 1.58. The number of ether oxygens (including phenoxy) is 2. The Morgan fingerprint density at radius 2 is 1.82 bits per heavy atom. The number of carbonyl (C=O) groups is 2. The fourth-order valence-electron chi connectivity index (χ4n) is 3.55. The van der Waals surface area contributed by atoms with Crippen LogP contribution in [0.1, 0.15) is 35.8 Å². The Bertz CT molecular complexity index is 1160. The van der Waals surface area contributed by atoms with Crippen molar-refractivity contribution in [2.24, 2.45) is 13.0 Å². The zero-order chi connectivity index (χ0) is 24.1. The van der Waals surface area contributed by atoms with Gasteiger partial charge in [0, 0.05) is 18.3 Å². The number of nitrogens with zero attached hydrogens (tertiary/aromatic N) is 3. The van der Waals surface area contributed by atoms with Crippen molar-refractivity contribution < 1.29 is 19.1 Å². The minimum absolute atomic E-state index is 0.163. The summed E-state index contributed by atoms with van der Waals surface area (Å²) in [5, 5.41) is 14.3. The molecule has 0 radical (unpaired) electrons. The molecule has 0 aliphatic carbocycles. The number of aromatic nitrogens is 3. The molecule has 1 unspecified atom stereocenters. The average Bonchev–Trinajstić information content (AvgIpc) is 3.25. The summed E-state index contributed by atoms with van der Waals surface area (Å²) < 4.78 is 13.0. The molecule has 2 heterocycles. The Morgan fingerprint density at radius 3 is 2.50 bits per heavy atom. The number of amides is 2. The summed E-state index contributed by atoms with van der Waals surface area (Å²) in [5.41, 5.74) is 2.08. The van der Waals surface area contributed by atoms with Gasteiger partial charge in [-0.25, -0.2) is 0 Å². The van der Waals surface area contributed by atoms with Gasteiger partial charge in [0.1, 0.15) is 19.5 Å². The molecule has 1 aliphatic heterocycles. The quantitative estimate of drug-likeness (QED) is 0.475. The lowest BCUT2D eigenvalue weighted by atomic mass is 9.95. The minimum Gasteiger partial charge on any atom is -0.486 e. The van der Waals surface area contributed by atoms with E-state index < -0.39 is 0 Å². The van der Waals surface area contributed by atoms with Gasteiger partial charge in [-0.15, -0.1) is 10.2 Å². The van der Waals surface area contributed by atoms with Crippen LogP contribution in [0.4, 0.5) is 5.69 Å². The van der Waals surface area contributed by atoms with Crippen molar-refractivity contribution in [1.82, 2.24) is 20.1 Å². The molecule has 0 saturated heterocycles. The van der Waals surface area contributed by atoms with Gasteiger partial charge < -0.3 is 24.7 Å². The van der Waals surface area contributed by atoms with Crippen molar-refractivity contribution in [1.29, 1.82) is 0 Å². The lowest BCUT2D eigenvalue weighted by molar-refractivity contribution is -0.113. The van der Waals surface area contributed by atoms with Crippen LogP contribution in [0.5, 0.6) is 11.5 Å². The van der Waals surface area contributed by atoms with E-state index in [0.29, 0.717) is 35.4 Å². The first-order valence-corrected chi connectivity index (χ1v) is 12.0. The van der Waals surface area contributed by atoms with Gasteiger partial charge in [0.25, 0.3) is 5.91 Å². The first kappa shape index (κ1) is 23.6. The molecule has 0 spiro atoms. The van der Waals surface area contributed by atoms with E-state index in [2.05, 4.69) is 34.7 Å². The van der Waals surface area contributed by atoms with Gasteiger partial charge in [-0.3, -0.25) is 9.59 Å². The standard InChI is InChI=1S/C24H27N5O4S/c1-15(2)22(17-6-9-19-20(12-17)33-11-10-32-19)27-23(31)16-4-7-18(8-5-16)26-21(30)13-34-24-28-25-14-29(24)3/h4-9,12,14-15,22H,10-11,13H2,1-3H3,(H,26,30)(H,27,31). The molecule has 34 heavy (non-hydrogen) atoms. The van der Waals surface area contributed by atoms with E-state index in [9.17, 15) is 9.59 Å². The van der Waals surface area contributed by atoms with Gasteiger partial charge >= 0.3 is 0 Å². The van der Waals surface area contributed by atoms with Crippen molar-refractivity contribution in [3.8, 4) is 11.5 Å². The van der Waals surface area contributed by atoms with Gasteiger partial charge in [0.05, 0.1) is 11.8 Å². The SMILES string of the molecule is CC(C)C(NC(=O)c1ccc(NC(=O)CSc2nncn2C)cc1)c1ccc2c(c1)OCCO2. The number of anilines is 1. The van der Waals surface area contributed by atoms with Gasteiger partial charge in [-0.2, -0.15) is 0 Å². The molecule has 4 rings (SSSR count). The number of carbonyl (C=O) groups excluding carboxylic acids is 2. The van der Waals surface area contributed by atoms with Crippen molar-refractivity contribution in [3.05, 3.63) is 59.9 Å². The molecule has 2 aromatic carbocycles. The number of rotatable bonds is 8. The highest BCUT2D eigenvalue weighted by Crippen LogP contribution is 2.34. The molecule has 2 N–H and O–H groups in total. The summed E-state index contributed by atoms with van der Waals surface area (Å²) in [4.78, 5) is 25.2. The number of aryl methyl sites for hydroxylation is 1. The highest BCUT2D eigenvalue weighted by atomic mass is 32.2. The maximum absolute atomic E-state index is 12.9. The lowest BCUT2D eigenvalue weighted by Gasteiger charge is -2.25. The highest BCUT2D eigenvalue weighted by Gasteiger charge is 2.22. The number of hydrogen-bond donors (Lipinski definition) is 2. The molecule has 1 aliphatic rings. The second-order valence-corrected chi connectivity index (χ2v) is 9.18. The van der Waals surface area contributed by atoms with E-state index in [1.165, 1.54) is 11.8 Å². The van der Waals surface area contributed by atoms with Crippen LogP contribution in [-0.2, 0) is 11.8 Å². The average molecular weight is 482 g/mol. The number of fused-ring (bicyclic) bond motifs is 1. The number of hydrogen-bond acceptors (Lipinski definition) is 7. The molecule has 2 amide bonds. The predicted molar refractivity (Wildman–Crippen MR) is 129 cm³/mol. The van der Waals surface area contributed by atoms with Crippen LogP contribution in [0.25, 0.3) is 0 Å². The third-order valence-corrected chi connectivity index (χ3v) is 6.35. The summed E-state index contributed by atoms with van der Waals surface area (Å²) in [6.45, 7) is 5.16. The van der Waals surface area contributed by atoms with Crippen molar-refractivity contribution >= 4 is 29.3 Å². The van der Waals surface area contributed by atoms with Crippen LogP contribution in [0, 0.1) is 5.92 Å². The zero-order valence-corrected chi connectivity index (χ0v) is 20.1. The van der Waals surface area contributed by atoms with E-state index in [1.54, 1.807) is 35.2 Å². The molecule has 1 aromatic heterocycles. The van der Waals surface area contributed by atoms with Gasteiger partial charge in [0.2, 0.25) is 5.91 Å². The van der Waals surface area contributed by atoms with Crippen LogP contribution in [0.2, 0.25) is 0 Å². The first-order valence-electron chi connectivity index (χ1n) is 11.0. The van der Waals surface area contributed by atoms with E-state index in [1.807, 2.05) is 25.2 Å². The minimum atomic E-state index is -0.194. The Hall–Kier alpha value is -3.53. The van der Waals surface area contributed by atoms with Crippen LogP contribution in [0.15, 0.2) is 53.9 Å². The fourth-order valence-corrected chi connectivity index (χ4v) is 4.24. The second-order valence-electron chi connectivity index (χ2n) is 8.24. The summed E-state index contributed by atoms with van der Waals surface area (Å²) in [5.74, 6) is 1.43. The molecule has 178 valence electrons. The Kier molecular flexibility index (Phi) is 7.36. The Labute approximate surface area is 202 Å². The van der Waals surface area contributed by atoms with Crippen molar-refractivity contribution in [3.63, 3.8) is 0 Å². The smallest absolute Gasteiger partial charge is 0.251 e. The molecule has 3 aromatic rings. The van der Waals surface area contributed by atoms with Gasteiger partial charge in [-0.05, 0) is 47.9 Å². The van der Waals surface area contributed by atoms with Crippen molar-refractivity contribution in [2.45, 2.75) is 25.0 Å². The Balaban J connectivity index is 1.36. The molecular formula is C24H27N5O4S. The van der Waals surface area contributed by atoms with E-state index in [4.69, 9.17) is 9.47 Å². The second kappa shape index (κ2) is 10.6. The monoisotopic (exact) mass is 481 g/mol. The highest BCUT2D eigenvalue weighted by molar-refractivity contribution is 7.99. The number of nitrogens with one attached hydrogen (secondary N) is 2. The van der Waals surface area contributed by atoms with E-state index in [-0.39, 0.29) is 29.5 Å². The molecule has 1 atom stereocenters. The summed E-state index contributed by atoms with van der Waals surface area (Å²) >= 11 is 1.30. The molecule has 0 saturated carbocycles. The summed E-state index contributed by atoms with van der Waals surface area (Å²) in [7, 11) is 1.82. The largest absolute Gasteiger partial charge is 0.486 e. The van der Waals surface area contributed by atoms with Crippen LogP contribution < -0.4 is 20.1 Å². The molecule has 0 fully saturated rings. The van der Waals surface area contributed by atoms with Crippen LogP contribution in [0.3, 0.4) is 0 Å². The molecule has 0 bridgehead atoms. The number of benzene rings is 2. The lowest BCUT2D eigenvalue weighted by Crippen LogP contribution is -2.32. The van der Waals surface area contributed by atoms with Crippen LogP contribution in [-0.4, -0.2) is 45.5 Å². The first-order chi connectivity index (χ1) is 16.4. The fraction of sp³-hybridized carbons (Fsp3) is 0.333. The van der Waals surface area contributed by atoms with Crippen molar-refractivity contribution in [2.75, 3.05) is 24.3 Å². The van der Waals surface area contributed by atoms with E-state index in [0.717, 1.165) is 11.3 Å². The van der Waals surface area contributed by atoms with Gasteiger partial charge in [-0.1, -0.05) is 31.7 Å². The maximum atomic E-state index is 12.9. The molecular weight excluding hydrogens is 454 g/mol. The normalized spacial score (nSPS) is 13.4. The number of thioether (sulfide) groups is 1. The maximum Gasteiger partial charge on any atom is 0.251 e. The van der Waals surface area contributed by atoms with Gasteiger partial charge in [0.15, 0.2) is 16.7 Å². The third-order valence-electron chi connectivity index (χ3n) is 5.31. The van der Waals surface area contributed by atoms with E-state index >= 15 is 0 Å². The zero-order valence-electron chi connectivity index (χ0n) is 19.3.